The second-order valence-electron chi connectivity index (χ2n) is 14.3. The molecule has 0 saturated heterocycles. The highest BCUT2D eigenvalue weighted by Crippen LogP contribution is 2.43. The van der Waals surface area contributed by atoms with Crippen LogP contribution in [0, 0.1) is 0 Å². The van der Waals surface area contributed by atoms with Gasteiger partial charge in [-0.1, -0.05) is 119 Å². The summed E-state index contributed by atoms with van der Waals surface area (Å²) in [6.07, 6.45) is 42.4. The highest BCUT2D eigenvalue weighted by atomic mass is 31.2. The lowest BCUT2D eigenvalue weighted by molar-refractivity contribution is -0.870. The fourth-order valence-electron chi connectivity index (χ4n) is 4.78. The Morgan fingerprint density at radius 1 is 0.604 bits per heavy atom. The molecule has 0 aliphatic rings. The van der Waals surface area contributed by atoms with Crippen LogP contribution in [0.4, 0.5) is 0 Å². The Morgan fingerprint density at radius 3 is 1.64 bits per heavy atom. The highest BCUT2D eigenvalue weighted by molar-refractivity contribution is 7.47. The van der Waals surface area contributed by atoms with E-state index in [9.17, 15) is 19.0 Å². The monoisotopic (exact) mass is 765 g/mol. The molecular formula is C43H75NO8P+. The van der Waals surface area contributed by atoms with Gasteiger partial charge in [-0.3, -0.25) is 18.6 Å². The van der Waals surface area contributed by atoms with Crippen molar-refractivity contribution in [2.45, 2.75) is 142 Å². The number of hydrogen-bond acceptors (Lipinski definition) is 7. The van der Waals surface area contributed by atoms with E-state index in [4.69, 9.17) is 18.5 Å². The molecule has 0 radical (unpaired) electrons. The van der Waals surface area contributed by atoms with Crippen LogP contribution >= 0.6 is 7.82 Å². The Morgan fingerprint density at radius 2 is 1.08 bits per heavy atom. The van der Waals surface area contributed by atoms with E-state index in [1.165, 1.54) is 12.8 Å². The summed E-state index contributed by atoms with van der Waals surface area (Å²) in [5.74, 6) is -0.873. The zero-order valence-corrected chi connectivity index (χ0v) is 34.9. The Hall–Kier alpha value is -2.55. The standard InChI is InChI=1S/C43H74NO8P/c1-6-8-10-12-14-16-18-20-22-24-25-27-29-31-33-35-42(45)49-39-41(40-51-53(47,48)50-38-37-44(3,4)5)52-43(46)36-34-32-30-28-26-23-21-19-17-15-13-11-9-7-2/h8,10,13-16,19-22,25,27,41H,6-7,9,11-12,17-18,23-24,26,28-40H2,1-5H3/p+1/b10-8+,15-13+,16-14+,21-19+,22-20+,27-25+/t41-/m1/s1. The van der Waals surface area contributed by atoms with E-state index in [0.29, 0.717) is 23.9 Å². The summed E-state index contributed by atoms with van der Waals surface area (Å²) in [5.41, 5.74) is 0. The maximum Gasteiger partial charge on any atom is 0.472 e. The van der Waals surface area contributed by atoms with Gasteiger partial charge in [0.15, 0.2) is 6.10 Å². The fourth-order valence-corrected chi connectivity index (χ4v) is 5.52. The lowest BCUT2D eigenvalue weighted by Gasteiger charge is -2.24. The van der Waals surface area contributed by atoms with Gasteiger partial charge in [-0.2, -0.15) is 0 Å². The third-order valence-corrected chi connectivity index (χ3v) is 8.95. The molecule has 0 amide bonds. The normalized spacial score (nSPS) is 14.5. The molecule has 0 spiro atoms. The molecule has 1 N–H and O–H groups in total. The molecule has 53 heavy (non-hydrogen) atoms. The number of carbonyl (C=O) groups is 2. The summed E-state index contributed by atoms with van der Waals surface area (Å²) in [6, 6.07) is 0. The Bertz CT molecular complexity index is 1140. The molecule has 0 aromatic rings. The topological polar surface area (TPSA) is 108 Å². The largest absolute Gasteiger partial charge is 0.472 e. The van der Waals surface area contributed by atoms with Crippen LogP contribution < -0.4 is 0 Å². The molecule has 0 bridgehead atoms. The first-order valence-corrected chi connectivity index (χ1v) is 21.7. The second-order valence-corrected chi connectivity index (χ2v) is 15.7. The van der Waals surface area contributed by atoms with Gasteiger partial charge in [0.2, 0.25) is 0 Å². The Balaban J connectivity index is 4.53. The van der Waals surface area contributed by atoms with E-state index in [1.807, 2.05) is 21.1 Å². The zero-order chi connectivity index (χ0) is 39.3. The van der Waals surface area contributed by atoms with Crippen LogP contribution in [-0.4, -0.2) is 74.9 Å². The summed E-state index contributed by atoms with van der Waals surface area (Å²) >= 11 is 0. The van der Waals surface area contributed by atoms with Crippen molar-refractivity contribution in [3.63, 3.8) is 0 Å². The first-order valence-electron chi connectivity index (χ1n) is 20.2. The van der Waals surface area contributed by atoms with Crippen molar-refractivity contribution >= 4 is 19.8 Å². The molecule has 0 aromatic carbocycles. The van der Waals surface area contributed by atoms with Crippen LogP contribution in [0.2, 0.25) is 0 Å². The summed E-state index contributed by atoms with van der Waals surface area (Å²) in [7, 11) is 1.43. The predicted molar refractivity (Wildman–Crippen MR) is 219 cm³/mol. The molecule has 0 aliphatic heterocycles. The van der Waals surface area contributed by atoms with E-state index in [0.717, 1.165) is 83.5 Å². The minimum atomic E-state index is -4.39. The number of phosphoric acid groups is 1. The van der Waals surface area contributed by atoms with Gasteiger partial charge in [-0.25, -0.2) is 4.57 Å². The summed E-state index contributed by atoms with van der Waals surface area (Å²) in [5, 5.41) is 0. The average Bonchev–Trinajstić information content (AvgIpc) is 3.10. The summed E-state index contributed by atoms with van der Waals surface area (Å²) in [6.45, 7) is 4.17. The maximum atomic E-state index is 12.6. The van der Waals surface area contributed by atoms with Crippen molar-refractivity contribution in [1.29, 1.82) is 0 Å². The van der Waals surface area contributed by atoms with E-state index >= 15 is 0 Å². The lowest BCUT2D eigenvalue weighted by atomic mass is 10.1. The van der Waals surface area contributed by atoms with Gasteiger partial charge in [0, 0.05) is 12.8 Å². The molecule has 0 fully saturated rings. The van der Waals surface area contributed by atoms with Gasteiger partial charge < -0.3 is 18.9 Å². The van der Waals surface area contributed by atoms with Gasteiger partial charge in [0.1, 0.15) is 19.8 Å². The minimum absolute atomic E-state index is 0.0182. The summed E-state index contributed by atoms with van der Waals surface area (Å²) in [4.78, 5) is 35.2. The molecule has 0 rings (SSSR count). The number of allylic oxidation sites excluding steroid dienone is 12. The van der Waals surface area contributed by atoms with Crippen molar-refractivity contribution in [3.8, 4) is 0 Å². The van der Waals surface area contributed by atoms with Crippen LogP contribution in [0.15, 0.2) is 72.9 Å². The smallest absolute Gasteiger partial charge is 0.462 e. The molecular weight excluding hydrogens is 689 g/mol. The number of quaternary nitrogens is 1. The third kappa shape index (κ3) is 39.0. The molecule has 0 aromatic heterocycles. The van der Waals surface area contributed by atoms with E-state index < -0.39 is 32.5 Å². The first-order chi connectivity index (χ1) is 25.5. The number of ether oxygens (including phenoxy) is 2. The Labute approximate surface area is 323 Å². The van der Waals surface area contributed by atoms with Crippen molar-refractivity contribution in [1.82, 2.24) is 0 Å². The fraction of sp³-hybridized carbons (Fsp3) is 0.674. The highest BCUT2D eigenvalue weighted by Gasteiger charge is 2.27. The van der Waals surface area contributed by atoms with Crippen molar-refractivity contribution in [2.75, 3.05) is 47.5 Å². The van der Waals surface area contributed by atoms with Gasteiger partial charge >= 0.3 is 19.8 Å². The number of phosphoric ester groups is 1. The Kier molecular flexibility index (Phi) is 33.5. The van der Waals surface area contributed by atoms with E-state index in [-0.39, 0.29) is 26.1 Å². The minimum Gasteiger partial charge on any atom is -0.462 e. The van der Waals surface area contributed by atoms with Gasteiger partial charge in [0.25, 0.3) is 0 Å². The average molecular weight is 765 g/mol. The van der Waals surface area contributed by atoms with Gasteiger partial charge in [-0.15, -0.1) is 0 Å². The number of esters is 2. The molecule has 0 heterocycles. The van der Waals surface area contributed by atoms with Crippen molar-refractivity contribution in [2.24, 2.45) is 0 Å². The molecule has 1 unspecified atom stereocenters. The molecule has 9 nitrogen and oxygen atoms in total. The van der Waals surface area contributed by atoms with Crippen molar-refractivity contribution in [3.05, 3.63) is 72.9 Å². The second kappa shape index (κ2) is 35.2. The predicted octanol–water partition coefficient (Wildman–Crippen LogP) is 11.1. The lowest BCUT2D eigenvalue weighted by Crippen LogP contribution is -2.37. The molecule has 0 aliphatic carbocycles. The van der Waals surface area contributed by atoms with E-state index in [2.05, 4.69) is 86.8 Å². The van der Waals surface area contributed by atoms with Gasteiger partial charge in [0.05, 0.1) is 27.7 Å². The molecule has 0 saturated carbocycles. The summed E-state index contributed by atoms with van der Waals surface area (Å²) < 4.78 is 34.1. The SMILES string of the molecule is CC/C=C/C/C=C/C/C=C/C/C=C/CCCCC(=O)OC[C@H](COP(=O)(O)OCC[N+](C)(C)C)OC(=O)CCCCCCC/C=C/C/C=C/CCCC. The van der Waals surface area contributed by atoms with Crippen LogP contribution in [0.1, 0.15) is 136 Å². The number of likely N-dealkylation sites (N-methyl/N-ethyl adjacent to an activating group) is 1. The molecule has 2 atom stereocenters. The number of hydrogen-bond donors (Lipinski definition) is 1. The van der Waals surface area contributed by atoms with Crippen LogP contribution in [0.25, 0.3) is 0 Å². The van der Waals surface area contributed by atoms with E-state index in [1.54, 1.807) is 0 Å². The first kappa shape index (κ1) is 50.5. The quantitative estimate of drug-likeness (QED) is 0.0223. The zero-order valence-electron chi connectivity index (χ0n) is 34.0. The number of unbranched alkanes of at least 4 members (excludes halogenated alkanes) is 9. The van der Waals surface area contributed by atoms with Gasteiger partial charge in [-0.05, 0) is 77.0 Å². The molecule has 304 valence electrons. The number of nitrogens with zero attached hydrogens (tertiary/aromatic N) is 1. The molecule has 10 heteroatoms. The van der Waals surface area contributed by atoms with Crippen LogP contribution in [0.3, 0.4) is 0 Å². The van der Waals surface area contributed by atoms with Crippen molar-refractivity contribution < 1.29 is 42.1 Å². The maximum absolute atomic E-state index is 12.6. The van der Waals surface area contributed by atoms with Crippen LogP contribution in [0.5, 0.6) is 0 Å². The number of rotatable bonds is 35. The number of carbonyl (C=O) groups excluding carboxylic acids is 2. The third-order valence-electron chi connectivity index (χ3n) is 7.97. The van der Waals surface area contributed by atoms with Crippen LogP contribution in [-0.2, 0) is 32.7 Å².